The first kappa shape index (κ1) is 14.5. The maximum Gasteiger partial charge on any atom is 0.345 e. The van der Waals surface area contributed by atoms with Gasteiger partial charge in [-0.3, -0.25) is 4.79 Å². The predicted octanol–water partition coefficient (Wildman–Crippen LogP) is 2.54. The third-order valence-electron chi connectivity index (χ3n) is 2.40. The van der Waals surface area contributed by atoms with Crippen molar-refractivity contribution in [2.75, 3.05) is 6.61 Å². The Morgan fingerprint density at radius 2 is 2.06 bits per heavy atom. The van der Waals surface area contributed by atoms with Crippen LogP contribution >= 0.6 is 0 Å². The van der Waals surface area contributed by atoms with Crippen LogP contribution < -0.4 is 0 Å². The molecule has 1 heterocycles. The lowest BCUT2D eigenvalue weighted by atomic mass is 9.92. The summed E-state index contributed by atoms with van der Waals surface area (Å²) < 4.78 is 10.6. The molecule has 0 N–H and O–H groups in total. The third-order valence-corrected chi connectivity index (χ3v) is 2.40. The van der Waals surface area contributed by atoms with Gasteiger partial charge >= 0.3 is 5.97 Å². The number of ether oxygens (including phenoxy) is 2. The van der Waals surface area contributed by atoms with Crippen LogP contribution in [0.5, 0.6) is 0 Å². The Balaban J connectivity index is 3.24. The Bertz CT molecular complexity index is 423. The van der Waals surface area contributed by atoms with E-state index in [2.05, 4.69) is 0 Å². The smallest absolute Gasteiger partial charge is 0.345 e. The van der Waals surface area contributed by atoms with E-state index in [-0.39, 0.29) is 24.4 Å². The molecule has 0 unspecified atom stereocenters. The van der Waals surface area contributed by atoms with Crippen LogP contribution in [0.25, 0.3) is 0 Å². The van der Waals surface area contributed by atoms with E-state index in [4.69, 9.17) is 9.47 Å². The molecular formula is C14H20O4. The van der Waals surface area contributed by atoms with E-state index >= 15 is 0 Å². The number of allylic oxidation sites excluding steroid dienone is 2. The van der Waals surface area contributed by atoms with Crippen molar-refractivity contribution in [3.63, 3.8) is 0 Å². The second kappa shape index (κ2) is 5.38. The molecular weight excluding hydrogens is 232 g/mol. The van der Waals surface area contributed by atoms with E-state index in [9.17, 15) is 9.59 Å². The summed E-state index contributed by atoms with van der Waals surface area (Å²) in [5.74, 6) is -0.516. The van der Waals surface area contributed by atoms with E-state index < -0.39 is 11.6 Å². The zero-order chi connectivity index (χ0) is 13.9. The summed E-state index contributed by atoms with van der Waals surface area (Å²) in [6.45, 7) is 9.35. The second-order valence-electron chi connectivity index (χ2n) is 5.14. The second-order valence-corrected chi connectivity index (χ2v) is 5.14. The molecule has 18 heavy (non-hydrogen) atoms. The maximum absolute atomic E-state index is 12.1. The van der Waals surface area contributed by atoms with Crippen molar-refractivity contribution in [2.24, 2.45) is 0 Å². The Morgan fingerprint density at radius 3 is 2.56 bits per heavy atom. The molecule has 0 aromatic carbocycles. The van der Waals surface area contributed by atoms with Crippen molar-refractivity contribution in [3.8, 4) is 0 Å². The summed E-state index contributed by atoms with van der Waals surface area (Å²) in [5, 5.41) is 0. The minimum Gasteiger partial charge on any atom is -0.486 e. The van der Waals surface area contributed by atoms with E-state index in [1.165, 1.54) is 0 Å². The first-order chi connectivity index (χ1) is 8.26. The molecule has 0 aromatic rings. The number of carbonyl (C=O) groups is 2. The highest BCUT2D eigenvalue weighted by Gasteiger charge is 2.37. The number of esters is 1. The lowest BCUT2D eigenvalue weighted by Gasteiger charge is -2.31. The average molecular weight is 252 g/mol. The van der Waals surface area contributed by atoms with Gasteiger partial charge in [-0.05, 0) is 40.7 Å². The maximum atomic E-state index is 12.1. The zero-order valence-corrected chi connectivity index (χ0v) is 11.6. The number of hydrogen-bond donors (Lipinski definition) is 0. The van der Waals surface area contributed by atoms with Gasteiger partial charge in [-0.1, -0.05) is 5.57 Å². The SMILES string of the molecule is CCOC(=O)C1=C(C=C(C)C)OC(C)(C)CC1=O. The van der Waals surface area contributed by atoms with Gasteiger partial charge in [0.2, 0.25) is 0 Å². The van der Waals surface area contributed by atoms with Gasteiger partial charge in [-0.25, -0.2) is 4.79 Å². The highest BCUT2D eigenvalue weighted by Crippen LogP contribution is 2.30. The van der Waals surface area contributed by atoms with Gasteiger partial charge in [0, 0.05) is 0 Å². The fourth-order valence-electron chi connectivity index (χ4n) is 1.78. The monoisotopic (exact) mass is 252 g/mol. The molecule has 0 amide bonds. The van der Waals surface area contributed by atoms with E-state index in [0.717, 1.165) is 5.57 Å². The highest BCUT2D eigenvalue weighted by molar-refractivity contribution is 6.18. The summed E-state index contributed by atoms with van der Waals surface area (Å²) in [6.07, 6.45) is 1.88. The highest BCUT2D eigenvalue weighted by atomic mass is 16.5. The van der Waals surface area contributed by atoms with Crippen molar-refractivity contribution in [1.29, 1.82) is 0 Å². The molecule has 4 heteroatoms. The normalized spacial score (nSPS) is 18.2. The third kappa shape index (κ3) is 3.45. The minimum absolute atomic E-state index is 0.0253. The molecule has 0 aromatic heterocycles. The summed E-state index contributed by atoms with van der Waals surface area (Å²) in [6, 6.07) is 0. The topological polar surface area (TPSA) is 52.6 Å². The van der Waals surface area contributed by atoms with Crippen LogP contribution in [0.2, 0.25) is 0 Å². The van der Waals surface area contributed by atoms with Crippen LogP contribution in [0.3, 0.4) is 0 Å². The number of ketones is 1. The van der Waals surface area contributed by atoms with Crippen molar-refractivity contribution < 1.29 is 19.1 Å². The van der Waals surface area contributed by atoms with Gasteiger partial charge < -0.3 is 9.47 Å². The van der Waals surface area contributed by atoms with Gasteiger partial charge in [0.05, 0.1) is 13.0 Å². The van der Waals surface area contributed by atoms with Crippen LogP contribution in [0.15, 0.2) is 23.0 Å². The van der Waals surface area contributed by atoms with Crippen molar-refractivity contribution in [3.05, 3.63) is 23.0 Å². The standard InChI is InChI=1S/C14H20O4/c1-6-17-13(16)12-10(15)8-14(4,5)18-11(12)7-9(2)3/h7H,6,8H2,1-5H3. The van der Waals surface area contributed by atoms with Crippen molar-refractivity contribution in [2.45, 2.75) is 46.6 Å². The number of hydrogen-bond acceptors (Lipinski definition) is 4. The molecule has 100 valence electrons. The van der Waals surface area contributed by atoms with Gasteiger partial charge in [0.25, 0.3) is 0 Å². The molecule has 0 saturated carbocycles. The Kier molecular flexibility index (Phi) is 4.33. The first-order valence-corrected chi connectivity index (χ1v) is 6.05. The molecule has 0 aliphatic carbocycles. The molecule has 0 radical (unpaired) electrons. The Morgan fingerprint density at radius 1 is 1.44 bits per heavy atom. The van der Waals surface area contributed by atoms with E-state index in [0.29, 0.717) is 5.76 Å². The number of carbonyl (C=O) groups excluding carboxylic acids is 2. The molecule has 0 spiro atoms. The lowest BCUT2D eigenvalue weighted by Crippen LogP contribution is -2.36. The minimum atomic E-state index is -0.606. The van der Waals surface area contributed by atoms with E-state index in [1.807, 2.05) is 27.7 Å². The summed E-state index contributed by atoms with van der Waals surface area (Å²) in [7, 11) is 0. The molecule has 1 rings (SSSR count). The van der Waals surface area contributed by atoms with E-state index in [1.54, 1.807) is 13.0 Å². The molecule has 0 bridgehead atoms. The van der Waals surface area contributed by atoms with Crippen molar-refractivity contribution >= 4 is 11.8 Å². The van der Waals surface area contributed by atoms with Crippen LogP contribution in [0.1, 0.15) is 41.0 Å². The fourth-order valence-corrected chi connectivity index (χ4v) is 1.78. The molecule has 1 aliphatic heterocycles. The van der Waals surface area contributed by atoms with Crippen LogP contribution in [-0.4, -0.2) is 24.0 Å². The molecule has 0 atom stereocenters. The molecule has 1 aliphatic rings. The van der Waals surface area contributed by atoms with Gasteiger partial charge in [-0.2, -0.15) is 0 Å². The quantitative estimate of drug-likeness (QED) is 0.572. The summed E-state index contributed by atoms with van der Waals surface area (Å²) in [4.78, 5) is 23.9. The Labute approximate surface area is 108 Å². The number of rotatable bonds is 3. The molecule has 0 saturated heterocycles. The van der Waals surface area contributed by atoms with Gasteiger partial charge in [-0.15, -0.1) is 0 Å². The lowest BCUT2D eigenvalue weighted by molar-refractivity contribution is -0.142. The Hall–Kier alpha value is -1.58. The predicted molar refractivity (Wildman–Crippen MR) is 67.9 cm³/mol. The van der Waals surface area contributed by atoms with Crippen LogP contribution in [0.4, 0.5) is 0 Å². The molecule has 0 fully saturated rings. The average Bonchev–Trinajstić information content (AvgIpc) is 2.13. The fraction of sp³-hybridized carbons (Fsp3) is 0.571. The van der Waals surface area contributed by atoms with Crippen molar-refractivity contribution in [1.82, 2.24) is 0 Å². The summed E-state index contributed by atoms with van der Waals surface area (Å²) >= 11 is 0. The number of Topliss-reactive ketones (excluding diaryl/α,β-unsaturated/α-hetero) is 1. The zero-order valence-electron chi connectivity index (χ0n) is 11.6. The summed E-state index contributed by atoms with van der Waals surface area (Å²) in [5.41, 5.74) is 0.392. The first-order valence-electron chi connectivity index (χ1n) is 6.05. The van der Waals surface area contributed by atoms with Gasteiger partial charge in [0.15, 0.2) is 5.78 Å². The van der Waals surface area contributed by atoms with Gasteiger partial charge in [0.1, 0.15) is 16.9 Å². The van der Waals surface area contributed by atoms with Crippen LogP contribution in [-0.2, 0) is 19.1 Å². The largest absolute Gasteiger partial charge is 0.486 e. The van der Waals surface area contributed by atoms with Crippen LogP contribution in [0, 0.1) is 0 Å². The molecule has 4 nitrogen and oxygen atoms in total.